The van der Waals surface area contributed by atoms with Gasteiger partial charge in [-0.3, -0.25) is 0 Å². The number of rotatable bonds is 4. The standard InChI is InChI=1S/C23H28O8/c1-11-7-12-8-15-19(31-10-30-15)20(28-5)16(12)17-13(22(24)23(11,2)25)9-14(26-3)18(27-4)21(17)29-6/h8-9,11,22,24-25H,7,10H2,1-6H3/t11-,22?,23+/m0/s1. The van der Waals surface area contributed by atoms with Gasteiger partial charge in [0.1, 0.15) is 6.10 Å². The summed E-state index contributed by atoms with van der Waals surface area (Å²) >= 11 is 0. The SMILES string of the molecule is COc1cc2c(c(OC)c1OC)-c1c(cc3c(c1OC)OCO3)C[C@H](C)[C@@](C)(O)C2O. The molecule has 0 aromatic heterocycles. The zero-order valence-electron chi connectivity index (χ0n) is 18.6. The van der Waals surface area contributed by atoms with Crippen LogP contribution >= 0.6 is 0 Å². The third-order valence-electron chi connectivity index (χ3n) is 6.39. The van der Waals surface area contributed by atoms with E-state index in [1.54, 1.807) is 20.1 Å². The average molecular weight is 432 g/mol. The molecular weight excluding hydrogens is 404 g/mol. The van der Waals surface area contributed by atoms with Gasteiger partial charge in [0.2, 0.25) is 18.3 Å². The molecule has 2 aliphatic rings. The van der Waals surface area contributed by atoms with Crippen LogP contribution in [0.4, 0.5) is 0 Å². The van der Waals surface area contributed by atoms with E-state index in [1.807, 2.05) is 13.0 Å². The minimum atomic E-state index is -1.43. The summed E-state index contributed by atoms with van der Waals surface area (Å²) in [5, 5.41) is 22.7. The normalized spacial score (nSPS) is 23.9. The maximum absolute atomic E-state index is 11.4. The van der Waals surface area contributed by atoms with Crippen molar-refractivity contribution in [3.8, 4) is 45.6 Å². The van der Waals surface area contributed by atoms with Crippen LogP contribution in [-0.4, -0.2) is 51.0 Å². The Hall–Kier alpha value is -2.84. The van der Waals surface area contributed by atoms with Gasteiger partial charge < -0.3 is 38.6 Å². The highest BCUT2D eigenvalue weighted by Crippen LogP contribution is 2.58. The molecule has 1 heterocycles. The molecule has 31 heavy (non-hydrogen) atoms. The molecule has 0 spiro atoms. The van der Waals surface area contributed by atoms with Crippen LogP contribution in [0.3, 0.4) is 0 Å². The predicted octanol–water partition coefficient (Wildman–Crippen LogP) is 3.09. The zero-order chi connectivity index (χ0) is 22.5. The van der Waals surface area contributed by atoms with E-state index in [-0.39, 0.29) is 12.7 Å². The monoisotopic (exact) mass is 432 g/mol. The summed E-state index contributed by atoms with van der Waals surface area (Å²) < 4.78 is 34.0. The Labute approximate surface area is 181 Å². The first-order valence-corrected chi connectivity index (χ1v) is 10.0. The second-order valence-electron chi connectivity index (χ2n) is 8.02. The van der Waals surface area contributed by atoms with Crippen LogP contribution in [0.5, 0.6) is 34.5 Å². The first kappa shape index (κ1) is 21.4. The fourth-order valence-electron chi connectivity index (χ4n) is 4.46. The van der Waals surface area contributed by atoms with E-state index in [1.165, 1.54) is 21.3 Å². The van der Waals surface area contributed by atoms with E-state index in [0.717, 1.165) is 5.56 Å². The minimum absolute atomic E-state index is 0.0837. The molecule has 8 heteroatoms. The summed E-state index contributed by atoms with van der Waals surface area (Å²) in [6.45, 7) is 3.61. The van der Waals surface area contributed by atoms with Crippen molar-refractivity contribution in [3.63, 3.8) is 0 Å². The quantitative estimate of drug-likeness (QED) is 0.761. The molecule has 8 nitrogen and oxygen atoms in total. The van der Waals surface area contributed by atoms with Crippen molar-refractivity contribution >= 4 is 0 Å². The minimum Gasteiger partial charge on any atom is -0.493 e. The molecule has 0 amide bonds. The number of methoxy groups -OCH3 is 4. The molecule has 0 bridgehead atoms. The molecule has 1 unspecified atom stereocenters. The lowest BCUT2D eigenvalue weighted by Gasteiger charge is -2.39. The number of aliphatic hydroxyl groups excluding tert-OH is 1. The van der Waals surface area contributed by atoms with Crippen molar-refractivity contribution in [2.45, 2.75) is 32.0 Å². The number of hydrogen-bond donors (Lipinski definition) is 2. The lowest BCUT2D eigenvalue weighted by molar-refractivity contribution is -0.0989. The summed E-state index contributed by atoms with van der Waals surface area (Å²) in [7, 11) is 6.09. The summed E-state index contributed by atoms with van der Waals surface area (Å²) in [6.07, 6.45) is -0.766. The predicted molar refractivity (Wildman–Crippen MR) is 113 cm³/mol. The lowest BCUT2D eigenvalue weighted by Crippen LogP contribution is -2.41. The highest BCUT2D eigenvalue weighted by Gasteiger charge is 2.44. The van der Waals surface area contributed by atoms with E-state index >= 15 is 0 Å². The van der Waals surface area contributed by atoms with Gasteiger partial charge in [-0.1, -0.05) is 6.92 Å². The van der Waals surface area contributed by atoms with Crippen molar-refractivity contribution in [1.29, 1.82) is 0 Å². The number of ether oxygens (including phenoxy) is 6. The fourth-order valence-corrected chi connectivity index (χ4v) is 4.46. The van der Waals surface area contributed by atoms with Gasteiger partial charge >= 0.3 is 0 Å². The molecule has 168 valence electrons. The number of hydrogen-bond acceptors (Lipinski definition) is 8. The van der Waals surface area contributed by atoms with Crippen LogP contribution in [0.1, 0.15) is 31.1 Å². The van der Waals surface area contributed by atoms with Crippen LogP contribution in [0.15, 0.2) is 12.1 Å². The molecule has 2 N–H and O–H groups in total. The molecule has 2 aromatic rings. The Morgan fingerprint density at radius 3 is 2.23 bits per heavy atom. The third-order valence-corrected chi connectivity index (χ3v) is 6.39. The molecule has 0 fully saturated rings. The molecule has 4 rings (SSSR count). The lowest BCUT2D eigenvalue weighted by atomic mass is 9.73. The highest BCUT2D eigenvalue weighted by molar-refractivity contribution is 5.89. The van der Waals surface area contributed by atoms with Gasteiger partial charge in [0.25, 0.3) is 0 Å². The second kappa shape index (κ2) is 7.69. The van der Waals surface area contributed by atoms with Crippen molar-refractivity contribution < 1.29 is 38.6 Å². The highest BCUT2D eigenvalue weighted by atomic mass is 16.7. The van der Waals surface area contributed by atoms with Crippen molar-refractivity contribution in [2.75, 3.05) is 35.2 Å². The second-order valence-corrected chi connectivity index (χ2v) is 8.02. The van der Waals surface area contributed by atoms with E-state index in [0.29, 0.717) is 57.6 Å². The number of aliphatic hydroxyl groups is 2. The number of benzene rings is 2. The maximum Gasteiger partial charge on any atom is 0.231 e. The molecule has 0 saturated heterocycles. The molecule has 3 atom stereocenters. The van der Waals surface area contributed by atoms with Gasteiger partial charge in [-0.25, -0.2) is 0 Å². The van der Waals surface area contributed by atoms with Crippen LogP contribution in [0.25, 0.3) is 11.1 Å². The van der Waals surface area contributed by atoms with E-state index < -0.39 is 11.7 Å². The molecule has 0 radical (unpaired) electrons. The van der Waals surface area contributed by atoms with Crippen molar-refractivity contribution in [1.82, 2.24) is 0 Å². The van der Waals surface area contributed by atoms with Crippen molar-refractivity contribution in [3.05, 3.63) is 23.3 Å². The Kier molecular flexibility index (Phi) is 5.31. The Balaban J connectivity index is 2.19. The summed E-state index contributed by atoms with van der Waals surface area (Å²) in [4.78, 5) is 0. The van der Waals surface area contributed by atoms with E-state index in [4.69, 9.17) is 28.4 Å². The topological polar surface area (TPSA) is 95.8 Å². The molecule has 2 aromatic carbocycles. The molecule has 1 aliphatic carbocycles. The summed E-state index contributed by atoms with van der Waals surface area (Å²) in [5.74, 6) is 2.34. The third kappa shape index (κ3) is 3.04. The van der Waals surface area contributed by atoms with Crippen LogP contribution in [0, 0.1) is 5.92 Å². The van der Waals surface area contributed by atoms with Crippen LogP contribution in [0.2, 0.25) is 0 Å². The summed E-state index contributed by atoms with van der Waals surface area (Å²) in [6, 6.07) is 3.56. The van der Waals surface area contributed by atoms with Gasteiger partial charge in [0.15, 0.2) is 23.0 Å². The Morgan fingerprint density at radius 2 is 1.61 bits per heavy atom. The maximum atomic E-state index is 11.4. The molecule has 1 aliphatic heterocycles. The Morgan fingerprint density at radius 1 is 0.935 bits per heavy atom. The number of fused-ring (bicyclic) bond motifs is 4. The Bertz CT molecular complexity index is 1010. The smallest absolute Gasteiger partial charge is 0.231 e. The first-order valence-electron chi connectivity index (χ1n) is 10.0. The van der Waals surface area contributed by atoms with Crippen LogP contribution < -0.4 is 28.4 Å². The fraction of sp³-hybridized carbons (Fsp3) is 0.478. The van der Waals surface area contributed by atoms with E-state index in [9.17, 15) is 10.2 Å². The van der Waals surface area contributed by atoms with Gasteiger partial charge in [-0.05, 0) is 42.5 Å². The van der Waals surface area contributed by atoms with Gasteiger partial charge in [0, 0.05) is 11.1 Å². The van der Waals surface area contributed by atoms with Gasteiger partial charge in [0.05, 0.1) is 34.0 Å². The average Bonchev–Trinajstić information content (AvgIpc) is 3.23. The largest absolute Gasteiger partial charge is 0.493 e. The van der Waals surface area contributed by atoms with Gasteiger partial charge in [-0.15, -0.1) is 0 Å². The summed E-state index contributed by atoms with van der Waals surface area (Å²) in [5.41, 5.74) is 1.11. The molecular formula is C23H28O8. The first-order chi connectivity index (χ1) is 14.8. The molecule has 0 saturated carbocycles. The van der Waals surface area contributed by atoms with Crippen molar-refractivity contribution in [2.24, 2.45) is 5.92 Å². The van der Waals surface area contributed by atoms with E-state index in [2.05, 4.69) is 0 Å². The van der Waals surface area contributed by atoms with Gasteiger partial charge in [-0.2, -0.15) is 0 Å². The van der Waals surface area contributed by atoms with Crippen LogP contribution in [-0.2, 0) is 6.42 Å². The zero-order valence-corrected chi connectivity index (χ0v) is 18.6.